The minimum absolute atomic E-state index is 0.0626. The summed E-state index contributed by atoms with van der Waals surface area (Å²) in [5, 5.41) is 12.7. The quantitative estimate of drug-likeness (QED) is 0.667. The van der Waals surface area contributed by atoms with E-state index < -0.39 is 5.60 Å². The van der Waals surface area contributed by atoms with Gasteiger partial charge in [0.25, 0.3) is 0 Å². The van der Waals surface area contributed by atoms with Crippen molar-refractivity contribution < 1.29 is 14.6 Å². The second kappa shape index (κ2) is 6.80. The zero-order valence-electron chi connectivity index (χ0n) is 10.2. The van der Waals surface area contributed by atoms with E-state index in [1.807, 2.05) is 20.8 Å². The Hall–Kier alpha value is -0.610. The molecule has 0 radical (unpaired) electrons. The van der Waals surface area contributed by atoms with Gasteiger partial charge in [-0.25, -0.2) is 0 Å². The highest BCUT2D eigenvalue weighted by Crippen LogP contribution is 2.18. The van der Waals surface area contributed by atoms with E-state index in [0.717, 1.165) is 6.42 Å². The first-order valence-corrected chi connectivity index (χ1v) is 5.50. The molecule has 0 aliphatic carbocycles. The van der Waals surface area contributed by atoms with Gasteiger partial charge in [-0.3, -0.25) is 4.79 Å². The summed E-state index contributed by atoms with van der Waals surface area (Å²) in [6.45, 7) is 8.41. The average molecular weight is 217 g/mol. The second-order valence-corrected chi connectivity index (χ2v) is 4.08. The molecule has 2 N–H and O–H groups in total. The average Bonchev–Trinajstić information content (AvgIpc) is 2.22. The number of hydrogen-bond donors (Lipinski definition) is 2. The van der Waals surface area contributed by atoms with Crippen LogP contribution in [-0.2, 0) is 9.53 Å². The van der Waals surface area contributed by atoms with Gasteiger partial charge in [0, 0.05) is 13.2 Å². The number of ether oxygens (including phenoxy) is 1. The second-order valence-electron chi connectivity index (χ2n) is 4.08. The summed E-state index contributed by atoms with van der Waals surface area (Å²) in [6.07, 6.45) is 0.883. The Morgan fingerprint density at radius 1 is 1.53 bits per heavy atom. The third-order valence-corrected chi connectivity index (χ3v) is 2.75. The van der Waals surface area contributed by atoms with E-state index in [4.69, 9.17) is 4.74 Å². The van der Waals surface area contributed by atoms with Crippen molar-refractivity contribution in [3.63, 3.8) is 0 Å². The van der Waals surface area contributed by atoms with E-state index in [1.165, 1.54) is 0 Å². The number of carbonyl (C=O) groups is 1. The van der Waals surface area contributed by atoms with E-state index >= 15 is 0 Å². The van der Waals surface area contributed by atoms with Gasteiger partial charge in [0.2, 0.25) is 5.91 Å². The van der Waals surface area contributed by atoms with Gasteiger partial charge in [0.15, 0.2) is 0 Å². The van der Waals surface area contributed by atoms with Crippen molar-refractivity contribution in [2.45, 2.75) is 39.7 Å². The Bertz CT molecular complexity index is 192. The SMILES string of the molecule is CCOCC(=O)NCC(C)(O)C(C)CC. The maximum absolute atomic E-state index is 11.2. The molecule has 0 aliphatic rings. The van der Waals surface area contributed by atoms with Crippen LogP contribution in [0.15, 0.2) is 0 Å². The van der Waals surface area contributed by atoms with Crippen molar-refractivity contribution in [3.05, 3.63) is 0 Å². The van der Waals surface area contributed by atoms with Gasteiger partial charge in [0.1, 0.15) is 6.61 Å². The van der Waals surface area contributed by atoms with E-state index in [2.05, 4.69) is 5.32 Å². The largest absolute Gasteiger partial charge is 0.388 e. The summed E-state index contributed by atoms with van der Waals surface area (Å²) in [4.78, 5) is 11.2. The summed E-state index contributed by atoms with van der Waals surface area (Å²) in [5.74, 6) is -0.0229. The minimum Gasteiger partial charge on any atom is -0.388 e. The third-order valence-electron chi connectivity index (χ3n) is 2.75. The lowest BCUT2D eigenvalue weighted by Gasteiger charge is -2.29. The fraction of sp³-hybridized carbons (Fsp3) is 0.909. The number of rotatable bonds is 7. The van der Waals surface area contributed by atoms with Crippen LogP contribution in [0, 0.1) is 5.92 Å². The molecule has 0 aromatic carbocycles. The first kappa shape index (κ1) is 14.4. The highest BCUT2D eigenvalue weighted by atomic mass is 16.5. The Kier molecular flexibility index (Phi) is 6.52. The highest BCUT2D eigenvalue weighted by Gasteiger charge is 2.27. The molecule has 0 rings (SSSR count). The van der Waals surface area contributed by atoms with Crippen LogP contribution in [0.3, 0.4) is 0 Å². The molecule has 0 saturated carbocycles. The number of hydrogen-bond acceptors (Lipinski definition) is 3. The van der Waals surface area contributed by atoms with E-state index in [0.29, 0.717) is 6.61 Å². The Morgan fingerprint density at radius 2 is 2.13 bits per heavy atom. The third kappa shape index (κ3) is 5.74. The van der Waals surface area contributed by atoms with Crippen molar-refractivity contribution in [3.8, 4) is 0 Å². The standard InChI is InChI=1S/C11H23NO3/c1-5-9(3)11(4,14)8-12-10(13)7-15-6-2/h9,14H,5-8H2,1-4H3,(H,12,13). The van der Waals surface area contributed by atoms with Crippen molar-refractivity contribution in [1.29, 1.82) is 0 Å². The molecular weight excluding hydrogens is 194 g/mol. The van der Waals surface area contributed by atoms with Crippen LogP contribution in [0.2, 0.25) is 0 Å². The van der Waals surface area contributed by atoms with E-state index in [-0.39, 0.29) is 25.0 Å². The minimum atomic E-state index is -0.851. The first-order valence-electron chi connectivity index (χ1n) is 5.50. The molecule has 0 fully saturated rings. The van der Waals surface area contributed by atoms with Crippen molar-refractivity contribution in [2.75, 3.05) is 19.8 Å². The molecule has 4 nitrogen and oxygen atoms in total. The molecule has 0 aromatic rings. The maximum Gasteiger partial charge on any atom is 0.246 e. The predicted molar refractivity (Wildman–Crippen MR) is 59.6 cm³/mol. The highest BCUT2D eigenvalue weighted by molar-refractivity contribution is 5.77. The summed E-state index contributed by atoms with van der Waals surface area (Å²) < 4.78 is 4.95. The number of carbonyl (C=O) groups excluding carboxylic acids is 1. The molecule has 2 atom stereocenters. The zero-order chi connectivity index (χ0) is 11.9. The Labute approximate surface area is 92.0 Å². The summed E-state index contributed by atoms with van der Waals surface area (Å²) in [7, 11) is 0. The Balaban J connectivity index is 3.87. The lowest BCUT2D eigenvalue weighted by Crippen LogP contribution is -2.45. The molecule has 1 amide bonds. The van der Waals surface area contributed by atoms with Gasteiger partial charge in [-0.1, -0.05) is 20.3 Å². The Morgan fingerprint density at radius 3 is 2.60 bits per heavy atom. The van der Waals surface area contributed by atoms with Crippen LogP contribution in [0.4, 0.5) is 0 Å². The van der Waals surface area contributed by atoms with Crippen molar-refractivity contribution in [2.24, 2.45) is 5.92 Å². The van der Waals surface area contributed by atoms with Crippen LogP contribution < -0.4 is 5.32 Å². The van der Waals surface area contributed by atoms with Crippen LogP contribution in [0.1, 0.15) is 34.1 Å². The van der Waals surface area contributed by atoms with Gasteiger partial charge in [-0.15, -0.1) is 0 Å². The zero-order valence-corrected chi connectivity index (χ0v) is 10.2. The molecule has 15 heavy (non-hydrogen) atoms. The molecule has 0 aromatic heterocycles. The van der Waals surface area contributed by atoms with Gasteiger partial charge < -0.3 is 15.2 Å². The molecule has 0 heterocycles. The fourth-order valence-electron chi connectivity index (χ4n) is 1.14. The van der Waals surface area contributed by atoms with Gasteiger partial charge in [-0.2, -0.15) is 0 Å². The van der Waals surface area contributed by atoms with Crippen molar-refractivity contribution in [1.82, 2.24) is 5.32 Å². The van der Waals surface area contributed by atoms with E-state index in [1.54, 1.807) is 6.92 Å². The number of aliphatic hydroxyl groups is 1. The maximum atomic E-state index is 11.2. The normalized spacial score (nSPS) is 16.9. The van der Waals surface area contributed by atoms with Crippen LogP contribution in [0.5, 0.6) is 0 Å². The van der Waals surface area contributed by atoms with Gasteiger partial charge in [-0.05, 0) is 19.8 Å². The van der Waals surface area contributed by atoms with Crippen LogP contribution in [0.25, 0.3) is 0 Å². The summed E-state index contributed by atoms with van der Waals surface area (Å²) in [5.41, 5.74) is -0.851. The molecule has 0 spiro atoms. The molecule has 0 aliphatic heterocycles. The number of amides is 1. The molecule has 0 bridgehead atoms. The van der Waals surface area contributed by atoms with Crippen LogP contribution >= 0.6 is 0 Å². The predicted octanol–water partition coefficient (Wildman–Crippen LogP) is 0.936. The van der Waals surface area contributed by atoms with Gasteiger partial charge in [0.05, 0.1) is 5.60 Å². The molecule has 90 valence electrons. The number of nitrogens with one attached hydrogen (secondary N) is 1. The van der Waals surface area contributed by atoms with Crippen LogP contribution in [-0.4, -0.2) is 36.4 Å². The van der Waals surface area contributed by atoms with Crippen molar-refractivity contribution >= 4 is 5.91 Å². The fourth-order valence-corrected chi connectivity index (χ4v) is 1.14. The van der Waals surface area contributed by atoms with Gasteiger partial charge >= 0.3 is 0 Å². The smallest absolute Gasteiger partial charge is 0.246 e. The topological polar surface area (TPSA) is 58.6 Å². The molecule has 4 heteroatoms. The summed E-state index contributed by atoms with van der Waals surface area (Å²) in [6, 6.07) is 0. The monoisotopic (exact) mass is 217 g/mol. The molecule has 2 unspecified atom stereocenters. The molecular formula is C11H23NO3. The molecule has 0 saturated heterocycles. The first-order chi connectivity index (χ1) is 6.94. The summed E-state index contributed by atoms with van der Waals surface area (Å²) >= 11 is 0. The lowest BCUT2D eigenvalue weighted by molar-refractivity contribution is -0.127. The van der Waals surface area contributed by atoms with E-state index in [9.17, 15) is 9.90 Å². The lowest BCUT2D eigenvalue weighted by atomic mass is 9.89.